The van der Waals surface area contributed by atoms with Gasteiger partial charge in [0.05, 0.1) is 0 Å². The quantitative estimate of drug-likeness (QED) is 0.777. The van der Waals surface area contributed by atoms with E-state index in [0.29, 0.717) is 0 Å². The summed E-state index contributed by atoms with van der Waals surface area (Å²) in [5.41, 5.74) is 2.52. The Bertz CT molecular complexity index is 600. The molecule has 0 aliphatic rings. The molecule has 0 atom stereocenters. The normalized spacial score (nSPS) is 11.7. The molecule has 0 aromatic heterocycles. The minimum atomic E-state index is 0.0744. The first-order valence-electron chi connectivity index (χ1n) is 7.12. The third kappa shape index (κ3) is 5.06. The fourth-order valence-electron chi connectivity index (χ4n) is 1.89. The fourth-order valence-corrected chi connectivity index (χ4v) is 3.17. The highest BCUT2D eigenvalue weighted by molar-refractivity contribution is 7.99. The molecular formula is C18H22ClNS. The highest BCUT2D eigenvalue weighted by Crippen LogP contribution is 2.34. The predicted octanol–water partition coefficient (Wildman–Crippen LogP) is 5.69. The van der Waals surface area contributed by atoms with Gasteiger partial charge < -0.3 is 5.32 Å². The average molecular weight is 320 g/mol. The molecule has 0 bridgehead atoms. The van der Waals surface area contributed by atoms with E-state index in [2.05, 4.69) is 63.3 Å². The molecule has 1 nitrogen and oxygen atoms in total. The van der Waals surface area contributed by atoms with Gasteiger partial charge in [-0.1, -0.05) is 47.1 Å². The molecule has 0 fully saturated rings. The first-order chi connectivity index (χ1) is 9.85. The molecule has 2 aromatic rings. The molecule has 2 aromatic carbocycles. The van der Waals surface area contributed by atoms with Crippen molar-refractivity contribution in [1.29, 1.82) is 0 Å². The molecule has 2 rings (SSSR count). The van der Waals surface area contributed by atoms with E-state index in [4.69, 9.17) is 11.6 Å². The maximum atomic E-state index is 6.40. The summed E-state index contributed by atoms with van der Waals surface area (Å²) in [5.74, 6) is 0. The van der Waals surface area contributed by atoms with Gasteiger partial charge >= 0.3 is 0 Å². The highest BCUT2D eigenvalue weighted by atomic mass is 35.5. The minimum Gasteiger partial charge on any atom is -0.308 e. The molecule has 112 valence electrons. The molecule has 0 amide bonds. The number of hydrogen-bond acceptors (Lipinski definition) is 2. The van der Waals surface area contributed by atoms with Crippen molar-refractivity contribution >= 4 is 23.4 Å². The van der Waals surface area contributed by atoms with Crippen LogP contribution < -0.4 is 5.32 Å². The average Bonchev–Trinajstić information content (AvgIpc) is 2.39. The summed E-state index contributed by atoms with van der Waals surface area (Å²) >= 11 is 8.16. The van der Waals surface area contributed by atoms with Crippen molar-refractivity contribution < 1.29 is 0 Å². The van der Waals surface area contributed by atoms with Crippen LogP contribution in [0.4, 0.5) is 0 Å². The predicted molar refractivity (Wildman–Crippen MR) is 93.3 cm³/mol. The van der Waals surface area contributed by atoms with Gasteiger partial charge in [-0.25, -0.2) is 0 Å². The lowest BCUT2D eigenvalue weighted by molar-refractivity contribution is 0.422. The molecule has 0 aliphatic heterocycles. The second-order valence-electron chi connectivity index (χ2n) is 6.24. The van der Waals surface area contributed by atoms with Crippen molar-refractivity contribution in [3.63, 3.8) is 0 Å². The second kappa shape index (κ2) is 6.87. The van der Waals surface area contributed by atoms with Crippen LogP contribution in [0, 0.1) is 6.92 Å². The summed E-state index contributed by atoms with van der Waals surface area (Å²) in [6.45, 7) is 9.37. The first kappa shape index (κ1) is 16.4. The molecule has 21 heavy (non-hydrogen) atoms. The van der Waals surface area contributed by atoms with Gasteiger partial charge in [0.2, 0.25) is 0 Å². The van der Waals surface area contributed by atoms with Crippen molar-refractivity contribution in [2.24, 2.45) is 0 Å². The monoisotopic (exact) mass is 319 g/mol. The molecule has 0 saturated heterocycles. The Kier molecular flexibility index (Phi) is 5.37. The lowest BCUT2D eigenvalue weighted by Crippen LogP contribution is -2.35. The molecule has 0 unspecified atom stereocenters. The van der Waals surface area contributed by atoms with Gasteiger partial charge in [-0.05, 0) is 57.5 Å². The van der Waals surface area contributed by atoms with Crippen LogP contribution in [0.5, 0.6) is 0 Å². The van der Waals surface area contributed by atoms with Gasteiger partial charge in [0, 0.05) is 26.9 Å². The molecular weight excluding hydrogens is 298 g/mol. The van der Waals surface area contributed by atoms with Crippen molar-refractivity contribution in [3.05, 3.63) is 58.6 Å². The number of hydrogen-bond donors (Lipinski definition) is 1. The van der Waals surface area contributed by atoms with E-state index in [1.807, 2.05) is 12.1 Å². The summed E-state index contributed by atoms with van der Waals surface area (Å²) < 4.78 is 0. The zero-order chi connectivity index (χ0) is 15.5. The van der Waals surface area contributed by atoms with E-state index in [-0.39, 0.29) is 5.54 Å². The van der Waals surface area contributed by atoms with Crippen molar-refractivity contribution in [2.45, 2.75) is 49.6 Å². The molecule has 0 saturated carbocycles. The van der Waals surface area contributed by atoms with Crippen molar-refractivity contribution in [1.82, 2.24) is 5.32 Å². The second-order valence-corrected chi connectivity index (χ2v) is 7.76. The van der Waals surface area contributed by atoms with E-state index >= 15 is 0 Å². The Morgan fingerprint density at radius 1 is 1.05 bits per heavy atom. The van der Waals surface area contributed by atoms with Crippen LogP contribution in [-0.2, 0) is 6.54 Å². The maximum absolute atomic E-state index is 6.40. The standard InChI is InChI=1S/C18H22ClNS/c1-13-8-10-14(11-9-13)21-17-7-5-6-16(19)15(17)12-20-18(2,3)4/h5-11,20H,12H2,1-4H3. The topological polar surface area (TPSA) is 12.0 Å². The van der Waals surface area contributed by atoms with Crippen LogP contribution in [0.15, 0.2) is 52.3 Å². The molecule has 0 aliphatic carbocycles. The van der Waals surface area contributed by atoms with Gasteiger partial charge in [-0.15, -0.1) is 0 Å². The largest absolute Gasteiger partial charge is 0.308 e. The van der Waals surface area contributed by atoms with E-state index in [0.717, 1.165) is 11.6 Å². The van der Waals surface area contributed by atoms with E-state index in [1.165, 1.54) is 20.9 Å². The summed E-state index contributed by atoms with van der Waals surface area (Å²) in [4.78, 5) is 2.45. The van der Waals surface area contributed by atoms with E-state index < -0.39 is 0 Å². The first-order valence-corrected chi connectivity index (χ1v) is 8.31. The third-order valence-electron chi connectivity index (χ3n) is 3.12. The summed E-state index contributed by atoms with van der Waals surface area (Å²) in [7, 11) is 0. The Morgan fingerprint density at radius 2 is 1.71 bits per heavy atom. The van der Waals surface area contributed by atoms with Crippen LogP contribution in [0.25, 0.3) is 0 Å². The highest BCUT2D eigenvalue weighted by Gasteiger charge is 2.13. The van der Waals surface area contributed by atoms with Crippen molar-refractivity contribution in [3.8, 4) is 0 Å². The Labute approximate surface area is 137 Å². The number of benzene rings is 2. The van der Waals surface area contributed by atoms with Gasteiger partial charge in [-0.2, -0.15) is 0 Å². The van der Waals surface area contributed by atoms with Gasteiger partial charge in [0.1, 0.15) is 0 Å². The van der Waals surface area contributed by atoms with Crippen LogP contribution in [0.2, 0.25) is 5.02 Å². The lowest BCUT2D eigenvalue weighted by atomic mass is 10.1. The van der Waals surface area contributed by atoms with Gasteiger partial charge in [0.15, 0.2) is 0 Å². The molecule has 0 spiro atoms. The summed E-state index contributed by atoms with van der Waals surface area (Å²) in [6, 6.07) is 14.7. The minimum absolute atomic E-state index is 0.0744. The van der Waals surface area contributed by atoms with Crippen LogP contribution >= 0.6 is 23.4 Å². The van der Waals surface area contributed by atoms with Gasteiger partial charge in [0.25, 0.3) is 0 Å². The smallest absolute Gasteiger partial charge is 0.0462 e. The Hall–Kier alpha value is -0.960. The Morgan fingerprint density at radius 3 is 2.33 bits per heavy atom. The van der Waals surface area contributed by atoms with Crippen LogP contribution in [-0.4, -0.2) is 5.54 Å². The number of aryl methyl sites for hydroxylation is 1. The number of rotatable bonds is 4. The third-order valence-corrected chi connectivity index (χ3v) is 4.58. The van der Waals surface area contributed by atoms with Crippen molar-refractivity contribution in [2.75, 3.05) is 0 Å². The summed E-state index contributed by atoms with van der Waals surface area (Å²) in [5, 5.41) is 4.34. The van der Waals surface area contributed by atoms with Crippen LogP contribution in [0.1, 0.15) is 31.9 Å². The van der Waals surface area contributed by atoms with Crippen LogP contribution in [0.3, 0.4) is 0 Å². The molecule has 1 N–H and O–H groups in total. The van der Waals surface area contributed by atoms with Gasteiger partial charge in [-0.3, -0.25) is 0 Å². The number of nitrogens with one attached hydrogen (secondary N) is 1. The fraction of sp³-hybridized carbons (Fsp3) is 0.333. The van der Waals surface area contributed by atoms with E-state index in [9.17, 15) is 0 Å². The summed E-state index contributed by atoms with van der Waals surface area (Å²) in [6.07, 6.45) is 0. The molecule has 3 heteroatoms. The molecule has 0 radical (unpaired) electrons. The maximum Gasteiger partial charge on any atom is 0.0462 e. The zero-order valence-electron chi connectivity index (χ0n) is 13.0. The Balaban J connectivity index is 2.22. The lowest BCUT2D eigenvalue weighted by Gasteiger charge is -2.22. The zero-order valence-corrected chi connectivity index (χ0v) is 14.6. The molecule has 0 heterocycles. The van der Waals surface area contributed by atoms with E-state index in [1.54, 1.807) is 11.8 Å². The number of halogens is 1. The SMILES string of the molecule is Cc1ccc(Sc2cccc(Cl)c2CNC(C)(C)C)cc1.